The van der Waals surface area contributed by atoms with Gasteiger partial charge in [0.1, 0.15) is 0 Å². The van der Waals surface area contributed by atoms with E-state index in [1.807, 2.05) is 6.08 Å². The van der Waals surface area contributed by atoms with Gasteiger partial charge in [-0.25, -0.2) is 0 Å². The molecule has 1 amide bonds. The van der Waals surface area contributed by atoms with Gasteiger partial charge in [0.25, 0.3) is 0 Å². The van der Waals surface area contributed by atoms with Gasteiger partial charge >= 0.3 is 0 Å². The first-order valence-corrected chi connectivity index (χ1v) is 22.3. The lowest BCUT2D eigenvalue weighted by Gasteiger charge is -2.19. The van der Waals surface area contributed by atoms with Crippen LogP contribution >= 0.6 is 0 Å². The van der Waals surface area contributed by atoms with Crippen LogP contribution in [0.25, 0.3) is 0 Å². The van der Waals surface area contributed by atoms with E-state index < -0.39 is 12.1 Å². The maximum atomic E-state index is 12.4. The first kappa shape index (κ1) is 50.6. The van der Waals surface area contributed by atoms with Crippen molar-refractivity contribution in [1.82, 2.24) is 5.32 Å². The summed E-state index contributed by atoms with van der Waals surface area (Å²) in [5.74, 6) is -0.0865. The zero-order valence-corrected chi connectivity index (χ0v) is 34.8. The van der Waals surface area contributed by atoms with Crippen molar-refractivity contribution in [2.24, 2.45) is 0 Å². The van der Waals surface area contributed by atoms with E-state index >= 15 is 0 Å². The van der Waals surface area contributed by atoms with Crippen LogP contribution in [0.3, 0.4) is 0 Å². The van der Waals surface area contributed by atoms with Crippen LogP contribution < -0.4 is 5.32 Å². The van der Waals surface area contributed by atoms with Crippen LogP contribution in [0.15, 0.2) is 85.1 Å². The molecule has 304 valence electrons. The quantitative estimate of drug-likeness (QED) is 0.0435. The van der Waals surface area contributed by atoms with Crippen molar-refractivity contribution in [3.63, 3.8) is 0 Å². The molecule has 0 fully saturated rings. The average Bonchev–Trinajstić information content (AvgIpc) is 3.16. The summed E-state index contributed by atoms with van der Waals surface area (Å²) >= 11 is 0. The molecule has 0 radical (unpaired) electrons. The molecule has 0 aliphatic carbocycles. The van der Waals surface area contributed by atoms with Gasteiger partial charge in [-0.1, -0.05) is 195 Å². The number of amides is 1. The fourth-order valence-electron chi connectivity index (χ4n) is 6.20. The Bertz CT molecular complexity index is 972. The fraction of sp³-hybridized carbons (Fsp3) is 0.694. The minimum Gasteiger partial charge on any atom is -0.394 e. The molecule has 0 heterocycles. The SMILES string of the molecule is CC/C=C\C/C=C\C/C=C\C/C=C\CCCCCCCCCCCCC(=O)NC(CO)C(O)/C=C/CC/C=C/CC/C=C/CCCCCCCCCC. The third kappa shape index (κ3) is 40.6. The van der Waals surface area contributed by atoms with Gasteiger partial charge in [-0.15, -0.1) is 0 Å². The molecule has 0 aliphatic heterocycles. The van der Waals surface area contributed by atoms with Crippen molar-refractivity contribution in [1.29, 1.82) is 0 Å². The summed E-state index contributed by atoms with van der Waals surface area (Å²) < 4.78 is 0. The van der Waals surface area contributed by atoms with E-state index in [0.29, 0.717) is 6.42 Å². The van der Waals surface area contributed by atoms with E-state index in [9.17, 15) is 15.0 Å². The van der Waals surface area contributed by atoms with Gasteiger partial charge in [0.15, 0.2) is 0 Å². The third-order valence-electron chi connectivity index (χ3n) is 9.59. The summed E-state index contributed by atoms with van der Waals surface area (Å²) in [7, 11) is 0. The Labute approximate surface area is 329 Å². The van der Waals surface area contributed by atoms with Crippen molar-refractivity contribution >= 4 is 5.91 Å². The highest BCUT2D eigenvalue weighted by Crippen LogP contribution is 2.13. The molecule has 0 rings (SSSR count). The lowest BCUT2D eigenvalue weighted by atomic mass is 10.0. The topological polar surface area (TPSA) is 69.6 Å². The fourth-order valence-corrected chi connectivity index (χ4v) is 6.20. The normalized spacial score (nSPS) is 13.8. The molecule has 4 nitrogen and oxygen atoms in total. The van der Waals surface area contributed by atoms with Crippen LogP contribution in [-0.2, 0) is 4.79 Å². The first-order chi connectivity index (χ1) is 26.2. The standard InChI is InChI=1S/C49H85NO3/c1-3-5-7-9-11-13-15-17-19-21-23-24-25-26-27-29-31-33-35-37-39-41-43-45-49(53)50-47(46-51)48(52)44-42-40-38-36-34-32-30-28-22-20-18-16-14-12-10-8-6-4-2/h5,7,11,13,17,19,22-24,28,34,36,42,44,47-48,51-52H,3-4,6,8-10,12,14-16,18,20-21,25-27,29-33,35,37-41,43,45-46H2,1-2H3,(H,50,53)/b7-5-,13-11-,19-17-,24-23-,28-22+,36-34+,44-42+. The molecule has 53 heavy (non-hydrogen) atoms. The van der Waals surface area contributed by atoms with Gasteiger partial charge in [-0.05, 0) is 83.5 Å². The van der Waals surface area contributed by atoms with Crippen molar-refractivity contribution in [2.45, 2.75) is 212 Å². The molecule has 4 heteroatoms. The molecule has 0 aromatic rings. The zero-order valence-electron chi connectivity index (χ0n) is 34.8. The van der Waals surface area contributed by atoms with Gasteiger partial charge in [-0.2, -0.15) is 0 Å². The Hall–Kier alpha value is -2.43. The largest absolute Gasteiger partial charge is 0.394 e. The number of hydrogen-bond donors (Lipinski definition) is 3. The van der Waals surface area contributed by atoms with E-state index in [2.05, 4.69) is 92.1 Å². The van der Waals surface area contributed by atoms with E-state index in [1.165, 1.54) is 116 Å². The second-order valence-corrected chi connectivity index (χ2v) is 14.7. The number of hydrogen-bond acceptors (Lipinski definition) is 3. The van der Waals surface area contributed by atoms with Crippen LogP contribution in [0.2, 0.25) is 0 Å². The summed E-state index contributed by atoms with van der Waals surface area (Å²) in [4.78, 5) is 12.4. The van der Waals surface area contributed by atoms with Crippen LogP contribution in [0.1, 0.15) is 200 Å². The van der Waals surface area contributed by atoms with E-state index in [1.54, 1.807) is 6.08 Å². The maximum absolute atomic E-state index is 12.4. The highest BCUT2D eigenvalue weighted by atomic mass is 16.3. The van der Waals surface area contributed by atoms with Crippen LogP contribution in [0.5, 0.6) is 0 Å². The number of aliphatic hydroxyl groups is 2. The lowest BCUT2D eigenvalue weighted by molar-refractivity contribution is -0.123. The molecule has 3 N–H and O–H groups in total. The van der Waals surface area contributed by atoms with Crippen LogP contribution in [0.4, 0.5) is 0 Å². The summed E-state index contributed by atoms with van der Waals surface area (Å²) in [5.41, 5.74) is 0. The molecular formula is C49H85NO3. The van der Waals surface area contributed by atoms with Gasteiger partial charge in [0.05, 0.1) is 18.8 Å². The van der Waals surface area contributed by atoms with E-state index in [4.69, 9.17) is 0 Å². The molecule has 0 aromatic carbocycles. The molecule has 0 saturated heterocycles. The molecule has 2 atom stereocenters. The van der Waals surface area contributed by atoms with Gasteiger partial charge in [0.2, 0.25) is 5.91 Å². The van der Waals surface area contributed by atoms with Gasteiger partial charge < -0.3 is 15.5 Å². The van der Waals surface area contributed by atoms with Crippen molar-refractivity contribution in [3.8, 4) is 0 Å². The maximum Gasteiger partial charge on any atom is 0.220 e. The smallest absolute Gasteiger partial charge is 0.220 e. The van der Waals surface area contributed by atoms with Gasteiger partial charge in [0, 0.05) is 6.42 Å². The molecular weight excluding hydrogens is 651 g/mol. The Morgan fingerprint density at radius 3 is 1.32 bits per heavy atom. The molecule has 0 aliphatic rings. The van der Waals surface area contributed by atoms with Crippen LogP contribution in [0, 0.1) is 0 Å². The minimum atomic E-state index is -0.876. The number of aliphatic hydroxyl groups excluding tert-OH is 2. The molecule has 2 unspecified atom stereocenters. The second-order valence-electron chi connectivity index (χ2n) is 14.7. The highest BCUT2D eigenvalue weighted by molar-refractivity contribution is 5.76. The summed E-state index contributed by atoms with van der Waals surface area (Å²) in [6.45, 7) is 4.17. The summed E-state index contributed by atoms with van der Waals surface area (Å²) in [6, 6.07) is -0.652. The minimum absolute atomic E-state index is 0.0865. The molecule has 0 spiro atoms. The predicted octanol–water partition coefficient (Wildman–Crippen LogP) is 14.1. The average molecular weight is 736 g/mol. The highest BCUT2D eigenvalue weighted by Gasteiger charge is 2.17. The summed E-state index contributed by atoms with van der Waals surface area (Å²) in [6.07, 6.45) is 64.0. The first-order valence-electron chi connectivity index (χ1n) is 22.3. The Morgan fingerprint density at radius 2 is 0.849 bits per heavy atom. The second kappa shape index (κ2) is 44.0. The Balaban J connectivity index is 3.66. The Kier molecular flexibility index (Phi) is 42.0. The molecule has 0 saturated carbocycles. The monoisotopic (exact) mass is 736 g/mol. The van der Waals surface area contributed by atoms with Gasteiger partial charge in [-0.3, -0.25) is 4.79 Å². The van der Waals surface area contributed by atoms with Crippen molar-refractivity contribution in [3.05, 3.63) is 85.1 Å². The van der Waals surface area contributed by atoms with E-state index in [-0.39, 0.29) is 12.5 Å². The lowest BCUT2D eigenvalue weighted by Crippen LogP contribution is -2.45. The zero-order chi connectivity index (χ0) is 38.6. The number of nitrogens with one attached hydrogen (secondary N) is 1. The number of carbonyl (C=O) groups excluding carboxylic acids is 1. The van der Waals surface area contributed by atoms with E-state index in [0.717, 1.165) is 64.2 Å². The summed E-state index contributed by atoms with van der Waals surface area (Å²) in [5, 5.41) is 23.0. The number of allylic oxidation sites excluding steroid dienone is 13. The number of unbranched alkanes of at least 4 members (excludes halogenated alkanes) is 20. The number of rotatable bonds is 39. The van der Waals surface area contributed by atoms with Crippen molar-refractivity contribution < 1.29 is 15.0 Å². The predicted molar refractivity (Wildman–Crippen MR) is 234 cm³/mol. The Morgan fingerprint density at radius 1 is 0.472 bits per heavy atom. The molecule has 0 aromatic heterocycles. The van der Waals surface area contributed by atoms with Crippen molar-refractivity contribution in [2.75, 3.05) is 6.61 Å². The molecule has 0 bridgehead atoms. The van der Waals surface area contributed by atoms with Crippen LogP contribution in [-0.4, -0.2) is 34.9 Å². The third-order valence-corrected chi connectivity index (χ3v) is 9.59. The number of carbonyl (C=O) groups is 1.